The van der Waals surface area contributed by atoms with E-state index in [0.717, 1.165) is 19.3 Å². The summed E-state index contributed by atoms with van der Waals surface area (Å²) in [5.41, 5.74) is 5.55. The molecule has 2 bridgehead atoms. The Labute approximate surface area is 84.2 Å². The molecule has 2 aliphatic rings. The van der Waals surface area contributed by atoms with Crippen molar-refractivity contribution in [3.8, 4) is 0 Å². The fourth-order valence-corrected chi connectivity index (χ4v) is 2.35. The molecule has 1 amide bonds. The van der Waals surface area contributed by atoms with Crippen LogP contribution in [0.4, 0.5) is 0 Å². The van der Waals surface area contributed by atoms with Gasteiger partial charge in [-0.1, -0.05) is 0 Å². The topological polar surface area (TPSA) is 64.4 Å². The van der Waals surface area contributed by atoms with Crippen LogP contribution >= 0.6 is 0 Å². The van der Waals surface area contributed by atoms with Crippen molar-refractivity contribution in [3.63, 3.8) is 0 Å². The lowest BCUT2D eigenvalue weighted by atomic mass is 9.95. The van der Waals surface area contributed by atoms with E-state index in [0.29, 0.717) is 12.5 Å². The first-order valence-corrected chi connectivity index (χ1v) is 5.35. The molecule has 4 atom stereocenters. The van der Waals surface area contributed by atoms with Gasteiger partial charge in [0.1, 0.15) is 0 Å². The maximum atomic E-state index is 11.4. The average molecular weight is 198 g/mol. The van der Waals surface area contributed by atoms with Crippen LogP contribution < -0.4 is 11.1 Å². The van der Waals surface area contributed by atoms with E-state index in [1.165, 1.54) is 0 Å². The summed E-state index contributed by atoms with van der Waals surface area (Å²) in [5, 5.41) is 3.00. The van der Waals surface area contributed by atoms with E-state index in [2.05, 4.69) is 5.32 Å². The van der Waals surface area contributed by atoms with Gasteiger partial charge in [0.15, 0.2) is 0 Å². The molecule has 0 aliphatic carbocycles. The van der Waals surface area contributed by atoms with E-state index in [4.69, 9.17) is 10.5 Å². The summed E-state index contributed by atoms with van der Waals surface area (Å²) >= 11 is 0. The van der Waals surface area contributed by atoms with Crippen molar-refractivity contribution in [2.24, 2.45) is 5.73 Å². The van der Waals surface area contributed by atoms with Gasteiger partial charge in [-0.05, 0) is 26.2 Å². The molecule has 4 nitrogen and oxygen atoms in total. The smallest absolute Gasteiger partial charge is 0.221 e. The van der Waals surface area contributed by atoms with Crippen LogP contribution in [0.15, 0.2) is 0 Å². The number of carbonyl (C=O) groups excluding carboxylic acids is 1. The zero-order chi connectivity index (χ0) is 10.1. The predicted octanol–water partition coefficient (Wildman–Crippen LogP) is 0.160. The Balaban J connectivity index is 1.78. The van der Waals surface area contributed by atoms with Crippen LogP contribution in [-0.2, 0) is 9.53 Å². The molecule has 80 valence electrons. The molecule has 0 spiro atoms. The number of fused-ring (bicyclic) bond motifs is 2. The van der Waals surface area contributed by atoms with Crippen LogP contribution in [0.3, 0.4) is 0 Å². The number of carbonyl (C=O) groups is 1. The van der Waals surface area contributed by atoms with Crippen LogP contribution in [0, 0.1) is 0 Å². The van der Waals surface area contributed by atoms with Gasteiger partial charge in [0, 0.05) is 12.5 Å². The first kappa shape index (κ1) is 9.93. The van der Waals surface area contributed by atoms with Gasteiger partial charge >= 0.3 is 0 Å². The standard InChI is InChI=1S/C10H18N2O2/c1-6(11)4-10(13)12-8-5-7-2-3-9(8)14-7/h6-9H,2-5,11H2,1H3,(H,12,13)/t6?,7-,8-,9+/m1/s1. The first-order valence-electron chi connectivity index (χ1n) is 5.35. The molecule has 0 aromatic carbocycles. The average Bonchev–Trinajstić information content (AvgIpc) is 2.62. The molecule has 1 unspecified atom stereocenters. The quantitative estimate of drug-likeness (QED) is 0.679. The summed E-state index contributed by atoms with van der Waals surface area (Å²) in [5.74, 6) is 0.0566. The Hall–Kier alpha value is -0.610. The summed E-state index contributed by atoms with van der Waals surface area (Å²) in [6.07, 6.45) is 4.29. The summed E-state index contributed by atoms with van der Waals surface area (Å²) in [7, 11) is 0. The molecule has 2 fully saturated rings. The van der Waals surface area contributed by atoms with Gasteiger partial charge in [0.05, 0.1) is 18.2 Å². The van der Waals surface area contributed by atoms with Crippen LogP contribution in [0.25, 0.3) is 0 Å². The Kier molecular flexibility index (Phi) is 2.74. The molecule has 0 aromatic rings. The Morgan fingerprint density at radius 3 is 2.93 bits per heavy atom. The minimum Gasteiger partial charge on any atom is -0.373 e. The monoisotopic (exact) mass is 198 g/mol. The highest BCUT2D eigenvalue weighted by molar-refractivity contribution is 5.76. The third-order valence-electron chi connectivity index (χ3n) is 2.96. The van der Waals surface area contributed by atoms with Crippen molar-refractivity contribution in [1.29, 1.82) is 0 Å². The van der Waals surface area contributed by atoms with Crippen molar-refractivity contribution in [1.82, 2.24) is 5.32 Å². The third-order valence-corrected chi connectivity index (χ3v) is 2.96. The number of ether oxygens (including phenoxy) is 1. The van der Waals surface area contributed by atoms with Gasteiger partial charge in [-0.3, -0.25) is 4.79 Å². The lowest BCUT2D eigenvalue weighted by molar-refractivity contribution is -0.122. The molecule has 0 aromatic heterocycles. The number of hydrogen-bond acceptors (Lipinski definition) is 3. The predicted molar refractivity (Wildman–Crippen MR) is 52.7 cm³/mol. The zero-order valence-electron chi connectivity index (χ0n) is 8.53. The SMILES string of the molecule is CC(N)CC(=O)N[C@@H]1C[C@H]2CC[C@@H]1O2. The summed E-state index contributed by atoms with van der Waals surface area (Å²) in [4.78, 5) is 11.4. The van der Waals surface area contributed by atoms with Gasteiger partial charge < -0.3 is 15.8 Å². The molecular formula is C10H18N2O2. The third kappa shape index (κ3) is 2.07. The van der Waals surface area contributed by atoms with E-state index >= 15 is 0 Å². The van der Waals surface area contributed by atoms with E-state index in [9.17, 15) is 4.79 Å². The Bertz CT molecular complexity index is 230. The molecule has 2 rings (SSSR count). The molecule has 2 heterocycles. The number of amides is 1. The molecule has 3 N–H and O–H groups in total. The molecule has 2 aliphatic heterocycles. The van der Waals surface area contributed by atoms with Gasteiger partial charge in [0.25, 0.3) is 0 Å². The minimum atomic E-state index is -0.0606. The lowest BCUT2D eigenvalue weighted by Crippen LogP contribution is -2.42. The second-order valence-electron chi connectivity index (χ2n) is 4.47. The van der Waals surface area contributed by atoms with Crippen LogP contribution in [0.5, 0.6) is 0 Å². The van der Waals surface area contributed by atoms with Gasteiger partial charge in [-0.25, -0.2) is 0 Å². The normalized spacial score (nSPS) is 37.1. The zero-order valence-corrected chi connectivity index (χ0v) is 8.53. The van der Waals surface area contributed by atoms with E-state index in [-0.39, 0.29) is 24.1 Å². The van der Waals surface area contributed by atoms with Crippen molar-refractivity contribution in [3.05, 3.63) is 0 Å². The van der Waals surface area contributed by atoms with Crippen LogP contribution in [0.2, 0.25) is 0 Å². The Morgan fingerprint density at radius 1 is 1.64 bits per heavy atom. The first-order chi connectivity index (χ1) is 6.65. The number of rotatable bonds is 3. The summed E-state index contributed by atoms with van der Waals surface area (Å²) in [6, 6.07) is 0.175. The van der Waals surface area contributed by atoms with Gasteiger partial charge in [0.2, 0.25) is 5.91 Å². The van der Waals surface area contributed by atoms with E-state index in [1.54, 1.807) is 0 Å². The lowest BCUT2D eigenvalue weighted by Gasteiger charge is -2.20. The highest BCUT2D eigenvalue weighted by atomic mass is 16.5. The second-order valence-corrected chi connectivity index (χ2v) is 4.47. The summed E-state index contributed by atoms with van der Waals surface area (Å²) in [6.45, 7) is 1.84. The van der Waals surface area contributed by atoms with Crippen molar-refractivity contribution >= 4 is 5.91 Å². The van der Waals surface area contributed by atoms with Crippen LogP contribution in [0.1, 0.15) is 32.6 Å². The van der Waals surface area contributed by atoms with Gasteiger partial charge in [-0.2, -0.15) is 0 Å². The molecular weight excluding hydrogens is 180 g/mol. The minimum absolute atomic E-state index is 0.0566. The Morgan fingerprint density at radius 2 is 2.43 bits per heavy atom. The largest absolute Gasteiger partial charge is 0.373 e. The van der Waals surface area contributed by atoms with Crippen molar-refractivity contribution < 1.29 is 9.53 Å². The highest BCUT2D eigenvalue weighted by Crippen LogP contribution is 2.34. The fraction of sp³-hybridized carbons (Fsp3) is 0.900. The summed E-state index contributed by atoms with van der Waals surface area (Å²) < 4.78 is 5.64. The van der Waals surface area contributed by atoms with E-state index in [1.807, 2.05) is 6.92 Å². The maximum absolute atomic E-state index is 11.4. The number of nitrogens with one attached hydrogen (secondary N) is 1. The van der Waals surface area contributed by atoms with Crippen molar-refractivity contribution in [2.45, 2.75) is 56.9 Å². The van der Waals surface area contributed by atoms with E-state index < -0.39 is 0 Å². The highest BCUT2D eigenvalue weighted by Gasteiger charge is 2.41. The molecule has 0 radical (unpaired) electrons. The fourth-order valence-electron chi connectivity index (χ4n) is 2.35. The molecule has 14 heavy (non-hydrogen) atoms. The molecule has 0 saturated carbocycles. The number of nitrogens with two attached hydrogens (primary N) is 1. The number of hydrogen-bond donors (Lipinski definition) is 2. The van der Waals surface area contributed by atoms with Crippen LogP contribution in [-0.4, -0.2) is 30.2 Å². The maximum Gasteiger partial charge on any atom is 0.221 e. The molecule has 4 heteroatoms. The van der Waals surface area contributed by atoms with Crippen molar-refractivity contribution in [2.75, 3.05) is 0 Å². The second kappa shape index (κ2) is 3.87. The van der Waals surface area contributed by atoms with Gasteiger partial charge in [-0.15, -0.1) is 0 Å². The molecule has 2 saturated heterocycles.